The minimum Gasteiger partial charge on any atom is -0.365 e. The van der Waals surface area contributed by atoms with Gasteiger partial charge in [-0.25, -0.2) is 0 Å². The lowest BCUT2D eigenvalue weighted by molar-refractivity contribution is -0.149. The van der Waals surface area contributed by atoms with Crippen LogP contribution in [-0.4, -0.2) is 78.6 Å². The SMILES string of the molecule is Cc1ccc(C(=O)NC[C@H]2CN(CC3CCN(CC4CC4)CC3)C(=O)CO2)cn1. The van der Waals surface area contributed by atoms with Crippen LogP contribution >= 0.6 is 0 Å². The molecule has 1 aliphatic carbocycles. The number of pyridine rings is 1. The number of rotatable bonds is 7. The molecule has 0 aromatic carbocycles. The van der Waals surface area contributed by atoms with E-state index in [1.54, 1.807) is 12.3 Å². The maximum Gasteiger partial charge on any atom is 0.252 e. The molecule has 7 heteroatoms. The summed E-state index contributed by atoms with van der Waals surface area (Å²) < 4.78 is 5.65. The first-order chi connectivity index (χ1) is 14.1. The third kappa shape index (κ3) is 5.76. The molecule has 29 heavy (non-hydrogen) atoms. The minimum atomic E-state index is -0.162. The van der Waals surface area contributed by atoms with Crippen molar-refractivity contribution >= 4 is 11.8 Å². The van der Waals surface area contributed by atoms with E-state index in [9.17, 15) is 9.59 Å². The molecule has 3 heterocycles. The van der Waals surface area contributed by atoms with Gasteiger partial charge in [-0.05, 0) is 69.7 Å². The molecular formula is C22H32N4O3. The molecule has 7 nitrogen and oxygen atoms in total. The van der Waals surface area contributed by atoms with Crippen LogP contribution in [-0.2, 0) is 9.53 Å². The second-order valence-electron chi connectivity index (χ2n) is 8.82. The number of nitrogens with one attached hydrogen (secondary N) is 1. The molecule has 158 valence electrons. The van der Waals surface area contributed by atoms with Crippen molar-refractivity contribution in [2.75, 3.05) is 45.9 Å². The van der Waals surface area contributed by atoms with Crippen molar-refractivity contribution in [3.8, 4) is 0 Å². The van der Waals surface area contributed by atoms with E-state index in [4.69, 9.17) is 4.74 Å². The van der Waals surface area contributed by atoms with Gasteiger partial charge in [0.1, 0.15) is 6.61 Å². The number of likely N-dealkylation sites (tertiary alicyclic amines) is 1. The van der Waals surface area contributed by atoms with Gasteiger partial charge in [-0.15, -0.1) is 0 Å². The summed E-state index contributed by atoms with van der Waals surface area (Å²) in [5, 5.41) is 2.91. The van der Waals surface area contributed by atoms with E-state index >= 15 is 0 Å². The number of carbonyl (C=O) groups is 2. The van der Waals surface area contributed by atoms with Crippen LogP contribution < -0.4 is 5.32 Å². The fourth-order valence-corrected chi connectivity index (χ4v) is 4.22. The topological polar surface area (TPSA) is 74.8 Å². The number of ether oxygens (including phenoxy) is 1. The Bertz CT molecular complexity index is 711. The van der Waals surface area contributed by atoms with E-state index in [0.717, 1.165) is 31.2 Å². The Kier molecular flexibility index (Phi) is 6.45. The van der Waals surface area contributed by atoms with Gasteiger partial charge in [-0.3, -0.25) is 14.6 Å². The third-order valence-corrected chi connectivity index (χ3v) is 6.28. The number of nitrogens with zero attached hydrogens (tertiary/aromatic N) is 3. The van der Waals surface area contributed by atoms with Crippen LogP contribution in [0.25, 0.3) is 0 Å². The Morgan fingerprint density at radius 3 is 2.62 bits per heavy atom. The molecule has 3 aliphatic rings. The summed E-state index contributed by atoms with van der Waals surface area (Å²) in [5.74, 6) is 1.42. The summed E-state index contributed by atoms with van der Waals surface area (Å²) in [5.41, 5.74) is 1.42. The van der Waals surface area contributed by atoms with Crippen molar-refractivity contribution in [3.63, 3.8) is 0 Å². The molecule has 3 fully saturated rings. The van der Waals surface area contributed by atoms with Gasteiger partial charge in [0.25, 0.3) is 5.91 Å². The monoisotopic (exact) mass is 400 g/mol. The van der Waals surface area contributed by atoms with E-state index < -0.39 is 0 Å². The van der Waals surface area contributed by atoms with Crippen molar-refractivity contribution in [3.05, 3.63) is 29.6 Å². The van der Waals surface area contributed by atoms with E-state index in [1.165, 1.54) is 32.2 Å². The zero-order chi connectivity index (χ0) is 20.2. The van der Waals surface area contributed by atoms with Gasteiger partial charge in [0.2, 0.25) is 5.91 Å². The Morgan fingerprint density at radius 2 is 1.93 bits per heavy atom. The highest BCUT2D eigenvalue weighted by Crippen LogP contribution is 2.31. The molecule has 1 saturated carbocycles. The summed E-state index contributed by atoms with van der Waals surface area (Å²) in [6.45, 7) is 7.33. The Morgan fingerprint density at radius 1 is 1.17 bits per heavy atom. The van der Waals surface area contributed by atoms with Crippen molar-refractivity contribution in [2.45, 2.75) is 38.7 Å². The number of carbonyl (C=O) groups excluding carboxylic acids is 2. The largest absolute Gasteiger partial charge is 0.365 e. The Hall–Kier alpha value is -1.99. The van der Waals surface area contributed by atoms with Crippen LogP contribution in [0, 0.1) is 18.8 Å². The van der Waals surface area contributed by atoms with Crippen molar-refractivity contribution in [2.24, 2.45) is 11.8 Å². The molecule has 2 amide bonds. The highest BCUT2D eigenvalue weighted by Gasteiger charge is 2.31. The standard InChI is InChI=1S/C22H32N4O3/c1-16-2-5-19(10-23-16)22(28)24-11-20-14-26(21(27)15-29-20)13-18-6-8-25(9-7-18)12-17-3-4-17/h2,5,10,17-18,20H,3-4,6-9,11-15H2,1H3,(H,24,28)/t20-/m0/s1. The normalized spacial score (nSPS) is 24.0. The molecule has 2 aliphatic heterocycles. The van der Waals surface area contributed by atoms with Crippen LogP contribution in [0.4, 0.5) is 0 Å². The summed E-state index contributed by atoms with van der Waals surface area (Å²) in [6.07, 6.45) is 6.56. The number of hydrogen-bond donors (Lipinski definition) is 1. The number of piperidine rings is 1. The first kappa shape index (κ1) is 20.3. The predicted molar refractivity (Wildman–Crippen MR) is 110 cm³/mol. The fourth-order valence-electron chi connectivity index (χ4n) is 4.22. The highest BCUT2D eigenvalue weighted by atomic mass is 16.5. The number of aryl methyl sites for hydroxylation is 1. The number of hydrogen-bond acceptors (Lipinski definition) is 5. The summed E-state index contributed by atoms with van der Waals surface area (Å²) in [7, 11) is 0. The lowest BCUT2D eigenvalue weighted by atomic mass is 9.95. The number of morpholine rings is 1. The van der Waals surface area contributed by atoms with E-state index in [1.807, 2.05) is 17.9 Å². The van der Waals surface area contributed by atoms with Crippen molar-refractivity contribution in [1.82, 2.24) is 20.1 Å². The van der Waals surface area contributed by atoms with Gasteiger partial charge in [0, 0.05) is 38.1 Å². The summed E-state index contributed by atoms with van der Waals surface area (Å²) in [4.78, 5) is 33.3. The maximum atomic E-state index is 12.3. The van der Waals surface area contributed by atoms with Gasteiger partial charge in [0.05, 0.1) is 11.7 Å². The highest BCUT2D eigenvalue weighted by molar-refractivity contribution is 5.93. The van der Waals surface area contributed by atoms with Crippen LogP contribution in [0.15, 0.2) is 18.3 Å². The minimum absolute atomic E-state index is 0.0655. The van der Waals surface area contributed by atoms with Gasteiger partial charge >= 0.3 is 0 Å². The van der Waals surface area contributed by atoms with Crippen molar-refractivity contribution < 1.29 is 14.3 Å². The fraction of sp³-hybridized carbons (Fsp3) is 0.682. The van der Waals surface area contributed by atoms with Crippen molar-refractivity contribution in [1.29, 1.82) is 0 Å². The average Bonchev–Trinajstić information content (AvgIpc) is 3.54. The quantitative estimate of drug-likeness (QED) is 0.750. The van der Waals surface area contributed by atoms with Crippen LogP contribution in [0.5, 0.6) is 0 Å². The number of amides is 2. The Labute approximate surface area is 172 Å². The second kappa shape index (κ2) is 9.22. The maximum absolute atomic E-state index is 12.3. The predicted octanol–water partition coefficient (Wildman–Crippen LogP) is 1.47. The van der Waals surface area contributed by atoms with Gasteiger partial charge in [-0.1, -0.05) is 0 Å². The zero-order valence-electron chi connectivity index (χ0n) is 17.3. The van der Waals surface area contributed by atoms with Gasteiger partial charge < -0.3 is 19.9 Å². The molecule has 0 unspecified atom stereocenters. The second-order valence-corrected chi connectivity index (χ2v) is 8.82. The lowest BCUT2D eigenvalue weighted by Crippen LogP contribution is -2.52. The molecule has 1 aromatic heterocycles. The van der Waals surface area contributed by atoms with Gasteiger partial charge in [0.15, 0.2) is 0 Å². The van der Waals surface area contributed by atoms with E-state index in [0.29, 0.717) is 24.6 Å². The van der Waals surface area contributed by atoms with Crippen LogP contribution in [0.3, 0.4) is 0 Å². The van der Waals surface area contributed by atoms with Gasteiger partial charge in [-0.2, -0.15) is 0 Å². The molecule has 2 saturated heterocycles. The molecule has 0 radical (unpaired) electrons. The first-order valence-corrected chi connectivity index (χ1v) is 10.9. The van der Waals surface area contributed by atoms with Crippen LogP contribution in [0.1, 0.15) is 41.7 Å². The Balaban J connectivity index is 1.21. The van der Waals surface area contributed by atoms with E-state index in [-0.39, 0.29) is 24.5 Å². The first-order valence-electron chi connectivity index (χ1n) is 10.9. The molecule has 1 aromatic rings. The average molecular weight is 401 g/mol. The molecule has 1 N–H and O–H groups in total. The van der Waals surface area contributed by atoms with Crippen LogP contribution in [0.2, 0.25) is 0 Å². The molecule has 0 spiro atoms. The third-order valence-electron chi connectivity index (χ3n) is 6.28. The summed E-state index contributed by atoms with van der Waals surface area (Å²) in [6, 6.07) is 3.59. The molecule has 4 rings (SSSR count). The molecular weight excluding hydrogens is 368 g/mol. The smallest absolute Gasteiger partial charge is 0.252 e. The zero-order valence-corrected chi connectivity index (χ0v) is 17.3. The molecule has 0 bridgehead atoms. The summed E-state index contributed by atoms with van der Waals surface area (Å²) >= 11 is 0. The lowest BCUT2D eigenvalue weighted by Gasteiger charge is -2.38. The number of aromatic nitrogens is 1. The van der Waals surface area contributed by atoms with E-state index in [2.05, 4.69) is 15.2 Å². The molecule has 1 atom stereocenters.